The predicted molar refractivity (Wildman–Crippen MR) is 101 cm³/mol. The van der Waals surface area contributed by atoms with Gasteiger partial charge in [-0.1, -0.05) is 27.2 Å². The summed E-state index contributed by atoms with van der Waals surface area (Å²) in [5.41, 5.74) is -0.144. The van der Waals surface area contributed by atoms with Gasteiger partial charge in [-0.15, -0.1) is 0 Å². The van der Waals surface area contributed by atoms with Crippen LogP contribution in [0.15, 0.2) is 15.9 Å². The molecule has 26 heavy (non-hydrogen) atoms. The summed E-state index contributed by atoms with van der Waals surface area (Å²) in [6.07, 6.45) is 5.01. The molecular formula is C18H29N5O3. The molecule has 1 amide bonds. The summed E-state index contributed by atoms with van der Waals surface area (Å²) >= 11 is 0. The highest BCUT2D eigenvalue weighted by Gasteiger charge is 2.19. The minimum atomic E-state index is -0.482. The molecule has 0 aliphatic heterocycles. The van der Waals surface area contributed by atoms with Gasteiger partial charge >= 0.3 is 5.69 Å². The van der Waals surface area contributed by atoms with Crippen LogP contribution in [0.4, 0.5) is 0 Å². The lowest BCUT2D eigenvalue weighted by Gasteiger charge is -2.14. The van der Waals surface area contributed by atoms with Crippen molar-refractivity contribution < 1.29 is 4.79 Å². The summed E-state index contributed by atoms with van der Waals surface area (Å²) in [7, 11) is 0. The summed E-state index contributed by atoms with van der Waals surface area (Å²) in [6.45, 7) is 8.71. The lowest BCUT2D eigenvalue weighted by atomic mass is 10.2. The SMILES string of the molecule is CCCCn1cnc2c1c(=O)n(CC(=O)NC(C)CC)c(=O)n2CCC. The molecule has 0 saturated carbocycles. The smallest absolute Gasteiger partial charge is 0.333 e. The van der Waals surface area contributed by atoms with E-state index in [1.165, 1.54) is 4.57 Å². The fraction of sp³-hybridized carbons (Fsp3) is 0.667. The van der Waals surface area contributed by atoms with E-state index in [1.54, 1.807) is 10.9 Å². The van der Waals surface area contributed by atoms with Gasteiger partial charge in [-0.25, -0.2) is 14.3 Å². The van der Waals surface area contributed by atoms with E-state index in [0.29, 0.717) is 24.3 Å². The van der Waals surface area contributed by atoms with E-state index in [4.69, 9.17) is 0 Å². The summed E-state index contributed by atoms with van der Waals surface area (Å²) in [5.74, 6) is -0.333. The number of imidazole rings is 1. The van der Waals surface area contributed by atoms with Crippen LogP contribution in [0.25, 0.3) is 11.2 Å². The highest BCUT2D eigenvalue weighted by atomic mass is 16.2. The molecule has 0 aromatic carbocycles. The van der Waals surface area contributed by atoms with Gasteiger partial charge in [0.2, 0.25) is 5.91 Å². The van der Waals surface area contributed by atoms with E-state index in [2.05, 4.69) is 17.2 Å². The molecule has 1 unspecified atom stereocenters. The van der Waals surface area contributed by atoms with Crippen molar-refractivity contribution >= 4 is 17.1 Å². The Kier molecular flexibility index (Phi) is 6.76. The molecule has 0 spiro atoms. The number of carbonyl (C=O) groups is 1. The van der Waals surface area contributed by atoms with Crippen molar-refractivity contribution in [3.05, 3.63) is 27.2 Å². The second kappa shape index (κ2) is 8.82. The number of carbonyl (C=O) groups excluding carboxylic acids is 1. The third-order valence-electron chi connectivity index (χ3n) is 4.50. The zero-order valence-electron chi connectivity index (χ0n) is 16.1. The first-order valence-corrected chi connectivity index (χ1v) is 9.42. The number of unbranched alkanes of at least 4 members (excludes halogenated alkanes) is 1. The Morgan fingerprint density at radius 3 is 2.50 bits per heavy atom. The minimum Gasteiger partial charge on any atom is -0.352 e. The van der Waals surface area contributed by atoms with Crippen molar-refractivity contribution in [2.24, 2.45) is 0 Å². The lowest BCUT2D eigenvalue weighted by Crippen LogP contribution is -2.45. The minimum absolute atomic E-state index is 0.00474. The largest absolute Gasteiger partial charge is 0.352 e. The molecule has 0 radical (unpaired) electrons. The molecule has 2 heterocycles. The van der Waals surface area contributed by atoms with E-state index in [-0.39, 0.29) is 18.5 Å². The maximum Gasteiger partial charge on any atom is 0.333 e. The number of rotatable bonds is 9. The number of hydrogen-bond donors (Lipinski definition) is 1. The highest BCUT2D eigenvalue weighted by Crippen LogP contribution is 2.09. The van der Waals surface area contributed by atoms with Gasteiger partial charge in [-0.3, -0.25) is 14.2 Å². The standard InChI is InChI=1S/C18H29N5O3/c1-5-8-10-21-12-19-16-15(21)17(25)23(18(26)22(16)9-6-2)11-14(24)20-13(4)7-3/h12-13H,5-11H2,1-4H3,(H,20,24). The number of aryl methyl sites for hydroxylation is 2. The molecule has 2 aromatic heterocycles. The third kappa shape index (κ3) is 4.05. The molecule has 0 fully saturated rings. The molecule has 2 aromatic rings. The first-order chi connectivity index (χ1) is 12.4. The zero-order valence-corrected chi connectivity index (χ0v) is 16.1. The Morgan fingerprint density at radius 1 is 1.15 bits per heavy atom. The number of nitrogens with zero attached hydrogens (tertiary/aromatic N) is 4. The van der Waals surface area contributed by atoms with E-state index in [9.17, 15) is 14.4 Å². The molecular weight excluding hydrogens is 334 g/mol. The van der Waals surface area contributed by atoms with E-state index >= 15 is 0 Å². The second-order valence-corrected chi connectivity index (χ2v) is 6.67. The zero-order chi connectivity index (χ0) is 19.3. The molecule has 1 N–H and O–H groups in total. The van der Waals surface area contributed by atoms with Gasteiger partial charge in [0.05, 0.1) is 6.33 Å². The van der Waals surface area contributed by atoms with Gasteiger partial charge in [0, 0.05) is 19.1 Å². The maximum atomic E-state index is 13.0. The fourth-order valence-electron chi connectivity index (χ4n) is 2.87. The maximum absolute atomic E-state index is 13.0. The Hall–Kier alpha value is -2.38. The Balaban J connectivity index is 2.56. The van der Waals surface area contributed by atoms with Crippen LogP contribution >= 0.6 is 0 Å². The molecule has 144 valence electrons. The van der Waals surface area contributed by atoms with Crippen molar-refractivity contribution in [2.75, 3.05) is 0 Å². The number of amides is 1. The lowest BCUT2D eigenvalue weighted by molar-refractivity contribution is -0.122. The molecule has 0 bridgehead atoms. The van der Waals surface area contributed by atoms with Gasteiger partial charge in [0.1, 0.15) is 6.54 Å². The molecule has 0 saturated heterocycles. The molecule has 0 aliphatic rings. The quantitative estimate of drug-likeness (QED) is 0.731. The summed E-state index contributed by atoms with van der Waals surface area (Å²) < 4.78 is 4.31. The van der Waals surface area contributed by atoms with Crippen LogP contribution in [0, 0.1) is 0 Å². The summed E-state index contributed by atoms with van der Waals surface area (Å²) in [6, 6.07) is -0.00474. The van der Waals surface area contributed by atoms with Gasteiger partial charge in [0.15, 0.2) is 11.2 Å². The van der Waals surface area contributed by atoms with Crippen molar-refractivity contribution in [1.29, 1.82) is 0 Å². The Morgan fingerprint density at radius 2 is 1.88 bits per heavy atom. The van der Waals surface area contributed by atoms with Crippen molar-refractivity contribution in [1.82, 2.24) is 24.0 Å². The van der Waals surface area contributed by atoms with Crippen molar-refractivity contribution in [2.45, 2.75) is 79.1 Å². The van der Waals surface area contributed by atoms with E-state index < -0.39 is 11.2 Å². The van der Waals surface area contributed by atoms with E-state index in [1.807, 2.05) is 20.8 Å². The first-order valence-electron chi connectivity index (χ1n) is 9.42. The molecule has 8 nitrogen and oxygen atoms in total. The van der Waals surface area contributed by atoms with Gasteiger partial charge in [0.25, 0.3) is 5.56 Å². The van der Waals surface area contributed by atoms with Gasteiger partial charge in [-0.05, 0) is 26.2 Å². The second-order valence-electron chi connectivity index (χ2n) is 6.67. The van der Waals surface area contributed by atoms with Crippen LogP contribution in [0.1, 0.15) is 53.4 Å². The monoisotopic (exact) mass is 363 g/mol. The number of aromatic nitrogens is 4. The van der Waals surface area contributed by atoms with Gasteiger partial charge in [-0.2, -0.15) is 0 Å². The summed E-state index contributed by atoms with van der Waals surface area (Å²) in [4.78, 5) is 42.3. The average molecular weight is 363 g/mol. The van der Waals surface area contributed by atoms with Crippen LogP contribution in [0.2, 0.25) is 0 Å². The predicted octanol–water partition coefficient (Wildman–Crippen LogP) is 1.48. The first kappa shape index (κ1) is 19.9. The number of fused-ring (bicyclic) bond motifs is 1. The topological polar surface area (TPSA) is 90.9 Å². The molecule has 1 atom stereocenters. The van der Waals surface area contributed by atoms with Crippen LogP contribution in [-0.2, 0) is 24.4 Å². The van der Waals surface area contributed by atoms with Crippen LogP contribution < -0.4 is 16.6 Å². The number of hydrogen-bond acceptors (Lipinski definition) is 4. The van der Waals surface area contributed by atoms with Crippen LogP contribution in [-0.4, -0.2) is 30.6 Å². The van der Waals surface area contributed by atoms with Crippen LogP contribution in [0.3, 0.4) is 0 Å². The third-order valence-corrected chi connectivity index (χ3v) is 4.50. The van der Waals surface area contributed by atoms with Gasteiger partial charge < -0.3 is 9.88 Å². The Labute approximate surface area is 152 Å². The molecule has 0 aliphatic carbocycles. The number of nitrogens with one attached hydrogen (secondary N) is 1. The van der Waals surface area contributed by atoms with E-state index in [0.717, 1.165) is 30.3 Å². The molecule has 2 rings (SSSR count). The highest BCUT2D eigenvalue weighted by molar-refractivity contribution is 5.76. The van der Waals surface area contributed by atoms with Crippen molar-refractivity contribution in [3.63, 3.8) is 0 Å². The average Bonchev–Trinajstić information content (AvgIpc) is 3.04. The fourth-order valence-corrected chi connectivity index (χ4v) is 2.87. The molecule has 8 heteroatoms. The summed E-state index contributed by atoms with van der Waals surface area (Å²) in [5, 5.41) is 2.81. The van der Waals surface area contributed by atoms with Crippen LogP contribution in [0.5, 0.6) is 0 Å². The van der Waals surface area contributed by atoms with Crippen molar-refractivity contribution in [3.8, 4) is 0 Å². The Bertz CT molecular complexity index is 877. The normalized spacial score (nSPS) is 12.5.